The van der Waals surface area contributed by atoms with E-state index < -0.39 is 12.1 Å². The van der Waals surface area contributed by atoms with Gasteiger partial charge in [0.15, 0.2) is 0 Å². The van der Waals surface area contributed by atoms with Gasteiger partial charge in [0.25, 0.3) is 0 Å². The highest BCUT2D eigenvalue weighted by atomic mass is 16.3. The second kappa shape index (κ2) is 53.7. The van der Waals surface area contributed by atoms with Crippen LogP contribution in [0.1, 0.15) is 296 Å². The number of carbonyl (C=O) groups is 1. The van der Waals surface area contributed by atoms with Gasteiger partial charge in [-0.2, -0.15) is 0 Å². The highest BCUT2D eigenvalue weighted by Crippen LogP contribution is 2.17. The van der Waals surface area contributed by atoms with Gasteiger partial charge in [-0.15, -0.1) is 0 Å². The lowest BCUT2D eigenvalue weighted by Crippen LogP contribution is -2.45. The van der Waals surface area contributed by atoms with Crippen LogP contribution >= 0.6 is 0 Å². The van der Waals surface area contributed by atoms with Gasteiger partial charge in [0.05, 0.1) is 18.8 Å². The quantitative estimate of drug-likeness (QED) is 0.0421. The summed E-state index contributed by atoms with van der Waals surface area (Å²) >= 11 is 0. The van der Waals surface area contributed by atoms with E-state index in [9.17, 15) is 15.0 Å². The molecule has 364 valence electrons. The molecule has 0 fully saturated rings. The van der Waals surface area contributed by atoms with Crippen LogP contribution in [0.2, 0.25) is 0 Å². The second-order valence-corrected chi connectivity index (χ2v) is 19.0. The maximum atomic E-state index is 12.4. The molecule has 0 saturated heterocycles. The number of nitrogens with one attached hydrogen (secondary N) is 1. The van der Waals surface area contributed by atoms with Crippen LogP contribution in [0.25, 0.3) is 0 Å². The molecule has 4 nitrogen and oxygen atoms in total. The molecular weight excluding hydrogens is 759 g/mol. The third-order valence-corrected chi connectivity index (χ3v) is 12.9. The molecule has 2 unspecified atom stereocenters. The molecule has 0 aromatic heterocycles. The lowest BCUT2D eigenvalue weighted by atomic mass is 10.0. The molecule has 4 heteroatoms. The zero-order chi connectivity index (χ0) is 44.9. The third-order valence-electron chi connectivity index (χ3n) is 12.9. The minimum atomic E-state index is -0.866. The molecular formula is C58H109NO3. The van der Waals surface area contributed by atoms with E-state index in [-0.39, 0.29) is 12.5 Å². The Bertz CT molecular complexity index is 985. The average molecular weight is 869 g/mol. The Balaban J connectivity index is 3.32. The first-order valence-electron chi connectivity index (χ1n) is 27.8. The number of allylic oxidation sites excluding steroid dienone is 7. The average Bonchev–Trinajstić information content (AvgIpc) is 3.28. The number of hydrogen-bond acceptors (Lipinski definition) is 3. The molecule has 0 aromatic carbocycles. The standard InChI is InChI=1S/C58H109NO3/c1-3-5-7-9-11-13-14-15-16-17-18-19-20-21-22-23-24-25-26-27-28-29-30-31-32-33-34-35-36-37-38-39-40-41-42-43-44-46-48-50-52-54-58(62)59-56(55-60)57(61)53-51-49-47-45-12-10-8-6-4-2/h4,6,12,17-18,45,51,53,56-57,60-61H,3,5,7-11,13-16,19-44,46-50,52,54-55H2,1-2H3,(H,59,62)/b6-4+,18-17-,45-12+,53-51+. The summed E-state index contributed by atoms with van der Waals surface area (Å²) in [4.78, 5) is 12.4. The second-order valence-electron chi connectivity index (χ2n) is 19.0. The predicted molar refractivity (Wildman–Crippen MR) is 276 cm³/mol. The van der Waals surface area contributed by atoms with Crippen molar-refractivity contribution >= 4 is 5.91 Å². The molecule has 0 aromatic rings. The molecule has 1 amide bonds. The molecule has 0 bridgehead atoms. The smallest absolute Gasteiger partial charge is 0.220 e. The number of aliphatic hydroxyl groups excluding tert-OH is 2. The summed E-state index contributed by atoms with van der Waals surface area (Å²) in [5.41, 5.74) is 0. The fraction of sp³-hybridized carbons (Fsp3) is 0.845. The molecule has 3 N–H and O–H groups in total. The maximum absolute atomic E-state index is 12.4. The highest BCUT2D eigenvalue weighted by molar-refractivity contribution is 5.76. The van der Waals surface area contributed by atoms with Crippen LogP contribution < -0.4 is 5.32 Å². The van der Waals surface area contributed by atoms with Crippen LogP contribution in [-0.2, 0) is 4.79 Å². The number of carbonyl (C=O) groups excluding carboxylic acids is 1. The molecule has 0 aliphatic carbocycles. The van der Waals surface area contributed by atoms with Crippen molar-refractivity contribution in [1.82, 2.24) is 5.32 Å². The summed E-state index contributed by atoms with van der Waals surface area (Å²) in [6.45, 7) is 4.07. The maximum Gasteiger partial charge on any atom is 0.220 e. The molecule has 2 atom stereocenters. The fourth-order valence-corrected chi connectivity index (χ4v) is 8.63. The van der Waals surface area contributed by atoms with Gasteiger partial charge in [-0.05, 0) is 64.7 Å². The van der Waals surface area contributed by atoms with Gasteiger partial charge in [-0.3, -0.25) is 4.79 Å². The van der Waals surface area contributed by atoms with Crippen molar-refractivity contribution in [1.29, 1.82) is 0 Å². The van der Waals surface area contributed by atoms with Gasteiger partial charge in [0.2, 0.25) is 5.91 Å². The normalized spacial score (nSPS) is 13.2. The van der Waals surface area contributed by atoms with E-state index in [1.165, 1.54) is 238 Å². The zero-order valence-corrected chi connectivity index (χ0v) is 41.9. The molecule has 0 radical (unpaired) electrons. The lowest BCUT2D eigenvalue weighted by Gasteiger charge is -2.19. The number of hydrogen-bond donors (Lipinski definition) is 3. The van der Waals surface area contributed by atoms with E-state index in [0.29, 0.717) is 6.42 Å². The molecule has 0 saturated carbocycles. The summed E-state index contributed by atoms with van der Waals surface area (Å²) in [5.74, 6) is -0.0774. The molecule has 62 heavy (non-hydrogen) atoms. The monoisotopic (exact) mass is 868 g/mol. The molecule has 0 heterocycles. The van der Waals surface area contributed by atoms with E-state index in [0.717, 1.165) is 38.5 Å². The summed E-state index contributed by atoms with van der Waals surface area (Å²) in [7, 11) is 0. The van der Waals surface area contributed by atoms with Crippen LogP contribution in [0.3, 0.4) is 0 Å². The van der Waals surface area contributed by atoms with Crippen molar-refractivity contribution in [2.24, 2.45) is 0 Å². The number of amides is 1. The summed E-state index contributed by atoms with van der Waals surface area (Å²) in [5, 5.41) is 22.9. The minimum absolute atomic E-state index is 0.0774. The highest BCUT2D eigenvalue weighted by Gasteiger charge is 2.18. The van der Waals surface area contributed by atoms with E-state index in [1.54, 1.807) is 6.08 Å². The summed E-state index contributed by atoms with van der Waals surface area (Å²) < 4.78 is 0. The number of unbranched alkanes of at least 4 members (excludes halogenated alkanes) is 39. The largest absolute Gasteiger partial charge is 0.394 e. The lowest BCUT2D eigenvalue weighted by molar-refractivity contribution is -0.123. The first-order valence-corrected chi connectivity index (χ1v) is 27.8. The summed E-state index contributed by atoms with van der Waals surface area (Å²) in [6.07, 6.45) is 74.7. The Morgan fingerprint density at radius 3 is 1.03 bits per heavy atom. The van der Waals surface area contributed by atoms with Crippen molar-refractivity contribution in [2.45, 2.75) is 309 Å². The van der Waals surface area contributed by atoms with Crippen molar-refractivity contribution in [3.05, 3.63) is 48.6 Å². The molecule has 0 aliphatic heterocycles. The van der Waals surface area contributed by atoms with Crippen LogP contribution in [0.5, 0.6) is 0 Å². The van der Waals surface area contributed by atoms with Gasteiger partial charge < -0.3 is 15.5 Å². The fourth-order valence-electron chi connectivity index (χ4n) is 8.63. The Labute approximate surface area is 388 Å². The Morgan fingerprint density at radius 2 is 0.694 bits per heavy atom. The third kappa shape index (κ3) is 49.4. The van der Waals surface area contributed by atoms with Gasteiger partial charge in [-0.1, -0.05) is 274 Å². The SMILES string of the molecule is C/C=C/CC/C=C/CC/C=C/C(O)C(CO)NC(=O)CCCCCCCCCCCCCCCCCCCCCCCCCCCCCCC/C=C\CCCCCCCCCC. The van der Waals surface area contributed by atoms with Gasteiger partial charge >= 0.3 is 0 Å². The van der Waals surface area contributed by atoms with Crippen LogP contribution in [0, 0.1) is 0 Å². The zero-order valence-electron chi connectivity index (χ0n) is 41.9. The van der Waals surface area contributed by atoms with Crippen molar-refractivity contribution in [3.8, 4) is 0 Å². The van der Waals surface area contributed by atoms with Crippen molar-refractivity contribution < 1.29 is 15.0 Å². The summed E-state index contributed by atoms with van der Waals surface area (Å²) in [6, 6.07) is -0.642. The molecule has 0 spiro atoms. The van der Waals surface area contributed by atoms with E-state index in [4.69, 9.17) is 0 Å². The predicted octanol–water partition coefficient (Wildman–Crippen LogP) is 18.3. The van der Waals surface area contributed by atoms with Gasteiger partial charge in [-0.25, -0.2) is 0 Å². The van der Waals surface area contributed by atoms with E-state index >= 15 is 0 Å². The van der Waals surface area contributed by atoms with Gasteiger partial charge in [0.1, 0.15) is 0 Å². The van der Waals surface area contributed by atoms with Crippen molar-refractivity contribution in [3.63, 3.8) is 0 Å². The van der Waals surface area contributed by atoms with Crippen LogP contribution in [-0.4, -0.2) is 34.9 Å². The number of aliphatic hydroxyl groups is 2. The Morgan fingerprint density at radius 1 is 0.403 bits per heavy atom. The van der Waals surface area contributed by atoms with Crippen LogP contribution in [0.4, 0.5) is 0 Å². The number of rotatable bonds is 51. The minimum Gasteiger partial charge on any atom is -0.394 e. The first-order chi connectivity index (χ1) is 30.7. The Hall–Kier alpha value is -1.65. The van der Waals surface area contributed by atoms with E-state index in [2.05, 4.69) is 48.7 Å². The molecule has 0 aliphatic rings. The topological polar surface area (TPSA) is 69.6 Å². The van der Waals surface area contributed by atoms with Crippen molar-refractivity contribution in [2.75, 3.05) is 6.61 Å². The van der Waals surface area contributed by atoms with E-state index in [1.807, 2.05) is 13.0 Å². The molecule has 0 rings (SSSR count). The van der Waals surface area contributed by atoms with Gasteiger partial charge in [0, 0.05) is 6.42 Å². The van der Waals surface area contributed by atoms with Crippen LogP contribution in [0.15, 0.2) is 48.6 Å². The Kier molecular flexibility index (Phi) is 52.3. The first kappa shape index (κ1) is 60.4.